The summed E-state index contributed by atoms with van der Waals surface area (Å²) in [7, 11) is 0. The fourth-order valence-corrected chi connectivity index (χ4v) is 2.57. The maximum Gasteiger partial charge on any atom is 0.124 e. The molecule has 2 aromatic rings. The van der Waals surface area contributed by atoms with E-state index >= 15 is 0 Å². The number of aryl methyl sites for hydroxylation is 1. The third-order valence-electron chi connectivity index (χ3n) is 2.88. The van der Waals surface area contributed by atoms with Crippen LogP contribution < -0.4 is 5.32 Å². The van der Waals surface area contributed by atoms with Gasteiger partial charge in [0.15, 0.2) is 0 Å². The Hall–Kier alpha value is -1.39. The second-order valence-corrected chi connectivity index (χ2v) is 5.27. The molecule has 0 saturated heterocycles. The molecule has 2 rings (SSSR count). The van der Waals surface area contributed by atoms with Gasteiger partial charge in [-0.3, -0.25) is 0 Å². The summed E-state index contributed by atoms with van der Waals surface area (Å²) in [6, 6.07) is 12.1. The van der Waals surface area contributed by atoms with Crippen LogP contribution >= 0.6 is 15.9 Å². The summed E-state index contributed by atoms with van der Waals surface area (Å²) in [5.74, 6) is -0.303. The summed E-state index contributed by atoms with van der Waals surface area (Å²) >= 11 is 3.33. The van der Waals surface area contributed by atoms with Crippen molar-refractivity contribution in [2.75, 3.05) is 11.9 Å². The van der Waals surface area contributed by atoms with Crippen LogP contribution in [-0.2, 0) is 0 Å². The third-order valence-corrected chi connectivity index (χ3v) is 3.57. The predicted molar refractivity (Wildman–Crippen MR) is 78.7 cm³/mol. The largest absolute Gasteiger partial charge is 0.394 e. The van der Waals surface area contributed by atoms with E-state index in [4.69, 9.17) is 0 Å². The summed E-state index contributed by atoms with van der Waals surface area (Å²) in [6.07, 6.45) is 0. The summed E-state index contributed by atoms with van der Waals surface area (Å²) < 4.78 is 13.7. The molecule has 1 unspecified atom stereocenters. The Bertz CT molecular complexity index is 574. The minimum Gasteiger partial charge on any atom is -0.394 e. The van der Waals surface area contributed by atoms with E-state index in [1.807, 2.05) is 31.2 Å². The first kappa shape index (κ1) is 14.0. The highest BCUT2D eigenvalue weighted by atomic mass is 79.9. The molecule has 4 heteroatoms. The van der Waals surface area contributed by atoms with E-state index in [1.165, 1.54) is 12.1 Å². The lowest BCUT2D eigenvalue weighted by Gasteiger charge is -2.19. The van der Waals surface area contributed by atoms with Crippen molar-refractivity contribution in [2.24, 2.45) is 0 Å². The van der Waals surface area contributed by atoms with Crippen LogP contribution in [0.4, 0.5) is 10.1 Å². The molecule has 0 aliphatic heterocycles. The molecule has 0 spiro atoms. The van der Waals surface area contributed by atoms with Gasteiger partial charge >= 0.3 is 0 Å². The Labute approximate surface area is 120 Å². The Morgan fingerprint density at radius 1 is 1.26 bits per heavy atom. The Morgan fingerprint density at radius 3 is 2.68 bits per heavy atom. The normalized spacial score (nSPS) is 12.2. The highest BCUT2D eigenvalue weighted by Gasteiger charge is 2.14. The lowest BCUT2D eigenvalue weighted by Crippen LogP contribution is -2.15. The van der Waals surface area contributed by atoms with Crippen LogP contribution in [0.15, 0.2) is 46.9 Å². The quantitative estimate of drug-likeness (QED) is 0.889. The highest BCUT2D eigenvalue weighted by Crippen LogP contribution is 2.27. The smallest absolute Gasteiger partial charge is 0.124 e. The molecule has 0 amide bonds. The van der Waals surface area contributed by atoms with Crippen molar-refractivity contribution >= 4 is 21.6 Å². The first-order valence-corrected chi connectivity index (χ1v) is 6.78. The molecule has 0 aromatic heterocycles. The van der Waals surface area contributed by atoms with Gasteiger partial charge in [0.1, 0.15) is 5.82 Å². The molecule has 19 heavy (non-hydrogen) atoms. The number of aliphatic hydroxyl groups is 1. The Balaban J connectivity index is 2.25. The monoisotopic (exact) mass is 323 g/mol. The number of hydrogen-bond donors (Lipinski definition) is 2. The van der Waals surface area contributed by atoms with Gasteiger partial charge in [0.2, 0.25) is 0 Å². The molecule has 0 aliphatic carbocycles. The average molecular weight is 324 g/mol. The molecular formula is C15H15BrFNO. The average Bonchev–Trinajstić information content (AvgIpc) is 2.37. The maximum atomic E-state index is 13.1. The van der Waals surface area contributed by atoms with Gasteiger partial charge in [-0.15, -0.1) is 0 Å². The molecule has 1 atom stereocenters. The first-order valence-electron chi connectivity index (χ1n) is 5.99. The molecule has 0 saturated carbocycles. The molecule has 0 heterocycles. The van der Waals surface area contributed by atoms with Crippen LogP contribution in [0.2, 0.25) is 0 Å². The van der Waals surface area contributed by atoms with E-state index in [0.717, 1.165) is 16.8 Å². The molecule has 0 bridgehead atoms. The van der Waals surface area contributed by atoms with E-state index in [-0.39, 0.29) is 18.5 Å². The minimum absolute atomic E-state index is 0.0713. The second kappa shape index (κ2) is 6.17. The molecular weight excluding hydrogens is 309 g/mol. The number of hydrogen-bond acceptors (Lipinski definition) is 2. The van der Waals surface area contributed by atoms with Crippen molar-refractivity contribution in [1.29, 1.82) is 0 Å². The molecule has 100 valence electrons. The van der Waals surface area contributed by atoms with Gasteiger partial charge in [-0.25, -0.2) is 4.39 Å². The summed E-state index contributed by atoms with van der Waals surface area (Å²) in [5, 5.41) is 12.8. The van der Waals surface area contributed by atoms with Crippen LogP contribution in [-0.4, -0.2) is 11.7 Å². The number of anilines is 1. The zero-order chi connectivity index (χ0) is 13.8. The molecule has 2 N–H and O–H groups in total. The van der Waals surface area contributed by atoms with E-state index in [1.54, 1.807) is 6.07 Å². The molecule has 2 nitrogen and oxygen atoms in total. The van der Waals surface area contributed by atoms with Crippen LogP contribution in [0.25, 0.3) is 0 Å². The number of aliphatic hydroxyl groups excluding tert-OH is 1. The van der Waals surface area contributed by atoms with Gasteiger partial charge in [0, 0.05) is 10.2 Å². The van der Waals surface area contributed by atoms with Crippen LogP contribution in [0, 0.1) is 12.7 Å². The summed E-state index contributed by atoms with van der Waals surface area (Å²) in [4.78, 5) is 0. The van der Waals surface area contributed by atoms with Crippen LogP contribution in [0.3, 0.4) is 0 Å². The topological polar surface area (TPSA) is 32.3 Å². The SMILES string of the molecule is Cc1cccc(NC(CO)c2ccc(F)cc2Br)c1. The van der Waals surface area contributed by atoms with Gasteiger partial charge in [-0.2, -0.15) is 0 Å². The number of rotatable bonds is 4. The molecule has 2 aromatic carbocycles. The number of benzene rings is 2. The molecule has 0 aliphatic rings. The van der Waals surface area contributed by atoms with Gasteiger partial charge in [0.05, 0.1) is 12.6 Å². The van der Waals surface area contributed by atoms with Gasteiger partial charge in [-0.05, 0) is 42.3 Å². The van der Waals surface area contributed by atoms with E-state index < -0.39 is 0 Å². The van der Waals surface area contributed by atoms with Crippen molar-refractivity contribution in [3.8, 4) is 0 Å². The standard InChI is InChI=1S/C15H15BrFNO/c1-10-3-2-4-12(7-10)18-15(9-19)13-6-5-11(17)8-14(13)16/h2-8,15,18-19H,9H2,1H3. The fourth-order valence-electron chi connectivity index (χ4n) is 1.94. The van der Waals surface area contributed by atoms with Gasteiger partial charge in [0.25, 0.3) is 0 Å². The number of nitrogens with one attached hydrogen (secondary N) is 1. The van der Waals surface area contributed by atoms with Crippen LogP contribution in [0.5, 0.6) is 0 Å². The number of halogens is 2. The highest BCUT2D eigenvalue weighted by molar-refractivity contribution is 9.10. The van der Waals surface area contributed by atoms with E-state index in [0.29, 0.717) is 4.47 Å². The van der Waals surface area contributed by atoms with E-state index in [9.17, 15) is 9.50 Å². The second-order valence-electron chi connectivity index (χ2n) is 4.41. The van der Waals surface area contributed by atoms with Crippen molar-refractivity contribution in [1.82, 2.24) is 0 Å². The third kappa shape index (κ3) is 3.55. The molecule has 0 fully saturated rings. The summed E-state index contributed by atoms with van der Waals surface area (Å²) in [5.41, 5.74) is 2.89. The fraction of sp³-hybridized carbons (Fsp3) is 0.200. The van der Waals surface area contributed by atoms with Crippen molar-refractivity contribution < 1.29 is 9.50 Å². The van der Waals surface area contributed by atoms with Gasteiger partial charge in [-0.1, -0.05) is 34.1 Å². The maximum absolute atomic E-state index is 13.1. The van der Waals surface area contributed by atoms with Crippen molar-refractivity contribution in [3.05, 3.63) is 63.9 Å². The predicted octanol–water partition coefficient (Wildman–Crippen LogP) is 4.04. The van der Waals surface area contributed by atoms with Crippen molar-refractivity contribution in [3.63, 3.8) is 0 Å². The minimum atomic E-state index is -0.303. The van der Waals surface area contributed by atoms with Crippen LogP contribution in [0.1, 0.15) is 17.2 Å². The zero-order valence-electron chi connectivity index (χ0n) is 10.5. The summed E-state index contributed by atoms with van der Waals surface area (Å²) in [6.45, 7) is 1.94. The van der Waals surface area contributed by atoms with E-state index in [2.05, 4.69) is 21.2 Å². The van der Waals surface area contributed by atoms with Crippen molar-refractivity contribution in [2.45, 2.75) is 13.0 Å². The van der Waals surface area contributed by atoms with Gasteiger partial charge < -0.3 is 10.4 Å². The lowest BCUT2D eigenvalue weighted by atomic mass is 10.1. The zero-order valence-corrected chi connectivity index (χ0v) is 12.1. The lowest BCUT2D eigenvalue weighted by molar-refractivity contribution is 0.276. The Morgan fingerprint density at radius 2 is 2.05 bits per heavy atom. The molecule has 0 radical (unpaired) electrons. The Kier molecular flexibility index (Phi) is 4.56. The first-order chi connectivity index (χ1) is 9.10.